The van der Waals surface area contributed by atoms with Crippen molar-refractivity contribution in [3.8, 4) is 0 Å². The molecule has 0 aromatic heterocycles. The highest BCUT2D eigenvalue weighted by Gasteiger charge is 2.03. The molecule has 90 valence electrons. The topological polar surface area (TPSA) is 53.8 Å². The maximum atomic E-state index is 10.8. The van der Waals surface area contributed by atoms with E-state index in [2.05, 4.69) is 15.7 Å². The first-order valence-corrected chi connectivity index (χ1v) is 5.59. The molecular weight excluding hydrogens is 226 g/mol. The van der Waals surface area contributed by atoms with Crippen LogP contribution in [0.25, 0.3) is 0 Å². The molecule has 0 amide bonds. The van der Waals surface area contributed by atoms with E-state index in [0.717, 1.165) is 11.3 Å². The molecule has 2 aromatic carbocycles. The molecule has 2 aromatic rings. The van der Waals surface area contributed by atoms with Crippen LogP contribution in [0, 0.1) is 11.8 Å². The standard InChI is InChI=1S/C14H13N3O/c1-11-7-9-12(10-8-11)14(17-18)16-15-13-5-3-2-4-6-13/h2-10,15H,1H3. The number of para-hydroxylation sites is 1. The zero-order valence-electron chi connectivity index (χ0n) is 10.00. The van der Waals surface area contributed by atoms with Crippen LogP contribution in [0.3, 0.4) is 0 Å². The highest BCUT2D eigenvalue weighted by Crippen LogP contribution is 2.08. The lowest BCUT2D eigenvalue weighted by molar-refractivity contribution is 1.30. The van der Waals surface area contributed by atoms with E-state index in [1.54, 1.807) is 0 Å². The van der Waals surface area contributed by atoms with E-state index in [0.29, 0.717) is 5.56 Å². The van der Waals surface area contributed by atoms with Crippen molar-refractivity contribution in [2.24, 2.45) is 10.3 Å². The third kappa shape index (κ3) is 3.01. The summed E-state index contributed by atoms with van der Waals surface area (Å²) in [7, 11) is 0. The molecular formula is C14H13N3O. The van der Waals surface area contributed by atoms with E-state index in [9.17, 15) is 4.91 Å². The van der Waals surface area contributed by atoms with Gasteiger partial charge >= 0.3 is 0 Å². The third-order valence-corrected chi connectivity index (χ3v) is 2.46. The second-order valence-electron chi connectivity index (χ2n) is 3.87. The summed E-state index contributed by atoms with van der Waals surface area (Å²) in [6, 6.07) is 16.9. The maximum Gasteiger partial charge on any atom is 0.222 e. The molecule has 0 fully saturated rings. The van der Waals surface area contributed by atoms with Crippen molar-refractivity contribution >= 4 is 11.5 Å². The van der Waals surface area contributed by atoms with Gasteiger partial charge in [-0.25, -0.2) is 0 Å². The molecule has 0 radical (unpaired) electrons. The van der Waals surface area contributed by atoms with Gasteiger partial charge in [0.15, 0.2) is 0 Å². The summed E-state index contributed by atoms with van der Waals surface area (Å²) in [5.74, 6) is 0.138. The minimum atomic E-state index is 0.138. The lowest BCUT2D eigenvalue weighted by Gasteiger charge is -2.01. The number of rotatable bonds is 3. The van der Waals surface area contributed by atoms with Gasteiger partial charge in [0.2, 0.25) is 5.84 Å². The molecule has 0 bridgehead atoms. The van der Waals surface area contributed by atoms with Crippen molar-refractivity contribution in [1.82, 2.24) is 0 Å². The van der Waals surface area contributed by atoms with Gasteiger partial charge in [-0.05, 0) is 24.2 Å². The number of nitrogens with one attached hydrogen (secondary N) is 1. The number of anilines is 1. The number of hydrogen-bond acceptors (Lipinski definition) is 3. The zero-order valence-corrected chi connectivity index (χ0v) is 10.00. The number of nitroso groups, excluding NO2 is 1. The predicted molar refractivity (Wildman–Crippen MR) is 73.6 cm³/mol. The molecule has 4 heteroatoms. The van der Waals surface area contributed by atoms with Gasteiger partial charge in [0, 0.05) is 5.56 Å². The van der Waals surface area contributed by atoms with E-state index in [1.165, 1.54) is 0 Å². The summed E-state index contributed by atoms with van der Waals surface area (Å²) in [6.45, 7) is 1.98. The summed E-state index contributed by atoms with van der Waals surface area (Å²) in [5.41, 5.74) is 5.43. The lowest BCUT2D eigenvalue weighted by atomic mass is 10.1. The van der Waals surface area contributed by atoms with Gasteiger partial charge in [0.05, 0.1) is 5.69 Å². The minimum Gasteiger partial charge on any atom is -0.276 e. The van der Waals surface area contributed by atoms with Crippen LogP contribution in [-0.4, -0.2) is 5.84 Å². The summed E-state index contributed by atoms with van der Waals surface area (Å²) in [5, 5.41) is 6.94. The van der Waals surface area contributed by atoms with Crippen molar-refractivity contribution in [3.63, 3.8) is 0 Å². The van der Waals surface area contributed by atoms with Crippen LogP contribution in [0.2, 0.25) is 0 Å². The van der Waals surface area contributed by atoms with Crippen LogP contribution in [0.4, 0.5) is 5.69 Å². The molecule has 18 heavy (non-hydrogen) atoms. The fourth-order valence-corrected chi connectivity index (χ4v) is 1.47. The van der Waals surface area contributed by atoms with E-state index in [-0.39, 0.29) is 5.84 Å². The molecule has 4 nitrogen and oxygen atoms in total. The highest BCUT2D eigenvalue weighted by molar-refractivity contribution is 5.99. The van der Waals surface area contributed by atoms with Crippen molar-refractivity contribution in [2.75, 3.05) is 5.43 Å². The minimum absolute atomic E-state index is 0.138. The van der Waals surface area contributed by atoms with Gasteiger partial charge < -0.3 is 0 Å². The Hall–Kier alpha value is -2.49. The average molecular weight is 239 g/mol. The number of amidine groups is 1. The Morgan fingerprint density at radius 3 is 2.28 bits per heavy atom. The first-order chi connectivity index (χ1) is 8.79. The van der Waals surface area contributed by atoms with Crippen molar-refractivity contribution in [1.29, 1.82) is 0 Å². The van der Waals surface area contributed by atoms with Crippen LogP contribution in [-0.2, 0) is 0 Å². The van der Waals surface area contributed by atoms with Gasteiger partial charge in [-0.15, -0.1) is 4.91 Å². The fourth-order valence-electron chi connectivity index (χ4n) is 1.47. The molecule has 0 unspecified atom stereocenters. The van der Waals surface area contributed by atoms with Gasteiger partial charge in [-0.1, -0.05) is 48.0 Å². The second-order valence-corrected chi connectivity index (χ2v) is 3.87. The van der Waals surface area contributed by atoms with Gasteiger partial charge in [0.25, 0.3) is 0 Å². The highest BCUT2D eigenvalue weighted by atomic mass is 16.3. The molecule has 0 aliphatic carbocycles. The summed E-state index contributed by atoms with van der Waals surface area (Å²) >= 11 is 0. The SMILES string of the molecule is Cc1ccc(C(N=O)=NNc2ccccc2)cc1. The van der Waals surface area contributed by atoms with Crippen LogP contribution >= 0.6 is 0 Å². The van der Waals surface area contributed by atoms with Crippen LogP contribution in [0.15, 0.2) is 64.9 Å². The van der Waals surface area contributed by atoms with Crippen molar-refractivity contribution in [2.45, 2.75) is 6.92 Å². The zero-order chi connectivity index (χ0) is 12.8. The number of aryl methyl sites for hydroxylation is 1. The Morgan fingerprint density at radius 2 is 1.67 bits per heavy atom. The normalized spacial score (nSPS) is 11.1. The van der Waals surface area contributed by atoms with Crippen molar-refractivity contribution in [3.05, 3.63) is 70.6 Å². The van der Waals surface area contributed by atoms with Gasteiger partial charge in [0.1, 0.15) is 0 Å². The van der Waals surface area contributed by atoms with Gasteiger partial charge in [-0.2, -0.15) is 5.10 Å². The largest absolute Gasteiger partial charge is 0.276 e. The third-order valence-electron chi connectivity index (χ3n) is 2.46. The lowest BCUT2D eigenvalue weighted by Crippen LogP contribution is -2.00. The summed E-state index contributed by atoms with van der Waals surface area (Å²) < 4.78 is 0. The van der Waals surface area contributed by atoms with Crippen LogP contribution in [0.1, 0.15) is 11.1 Å². The number of hydrazone groups is 1. The molecule has 2 rings (SSSR count). The molecule has 1 N–H and O–H groups in total. The van der Waals surface area contributed by atoms with E-state index >= 15 is 0 Å². The Labute approximate surface area is 105 Å². The maximum absolute atomic E-state index is 10.8. The molecule has 0 aliphatic heterocycles. The van der Waals surface area contributed by atoms with Gasteiger partial charge in [-0.3, -0.25) is 5.43 Å². The Morgan fingerprint density at radius 1 is 1.00 bits per heavy atom. The smallest absolute Gasteiger partial charge is 0.222 e. The first kappa shape index (κ1) is 12.0. The first-order valence-electron chi connectivity index (χ1n) is 5.59. The van der Waals surface area contributed by atoms with Crippen LogP contribution < -0.4 is 5.43 Å². The van der Waals surface area contributed by atoms with E-state index in [1.807, 2.05) is 61.5 Å². The molecule has 0 atom stereocenters. The van der Waals surface area contributed by atoms with E-state index < -0.39 is 0 Å². The van der Waals surface area contributed by atoms with Crippen LogP contribution in [0.5, 0.6) is 0 Å². The quantitative estimate of drug-likeness (QED) is 0.385. The fraction of sp³-hybridized carbons (Fsp3) is 0.0714. The monoisotopic (exact) mass is 239 g/mol. The Balaban J connectivity index is 2.18. The number of nitrogens with zero attached hydrogens (tertiary/aromatic N) is 2. The molecule has 0 aliphatic rings. The number of benzene rings is 2. The predicted octanol–water partition coefficient (Wildman–Crippen LogP) is 3.54. The Bertz CT molecular complexity index is 547. The average Bonchev–Trinajstić information content (AvgIpc) is 2.42. The Kier molecular flexibility index (Phi) is 3.81. The molecule has 0 saturated carbocycles. The van der Waals surface area contributed by atoms with Crippen molar-refractivity contribution < 1.29 is 0 Å². The molecule has 0 heterocycles. The van der Waals surface area contributed by atoms with E-state index in [4.69, 9.17) is 0 Å². The number of hydrogen-bond donors (Lipinski definition) is 1. The molecule has 0 spiro atoms. The second kappa shape index (κ2) is 5.72. The summed E-state index contributed by atoms with van der Waals surface area (Å²) in [4.78, 5) is 10.8. The summed E-state index contributed by atoms with van der Waals surface area (Å²) in [6.07, 6.45) is 0. The molecule has 0 saturated heterocycles.